The molecule has 176 valence electrons. The summed E-state index contributed by atoms with van der Waals surface area (Å²) in [6, 6.07) is 6.07. The van der Waals surface area contributed by atoms with Gasteiger partial charge in [-0.2, -0.15) is 35.4 Å². The molecule has 2 atom stereocenters. The van der Waals surface area contributed by atoms with Crippen LogP contribution in [-0.2, 0) is 33.4 Å². The maximum Gasteiger partial charge on any atom is 0.330 e. The zero-order chi connectivity index (χ0) is 21.6. The summed E-state index contributed by atoms with van der Waals surface area (Å²) < 4.78 is 38.3. The summed E-state index contributed by atoms with van der Waals surface area (Å²) >= 11 is 6.29. The first-order valence-corrected chi connectivity index (χ1v) is 11.2. The highest BCUT2D eigenvalue weighted by Crippen LogP contribution is 2.33. The number of carbonyl (C=O) groups is 2. The third-order valence-electron chi connectivity index (χ3n) is 4.35. The van der Waals surface area contributed by atoms with Crippen LogP contribution in [0.4, 0.5) is 0 Å². The molecule has 31 heavy (non-hydrogen) atoms. The lowest BCUT2D eigenvalue weighted by molar-refractivity contribution is -0.147. The SMILES string of the molecule is CCOC(=O)/C=C1\CN([C@H](C(=O)OC)c2ccccc2Cl)CC[C@@H]1OS(C)(=O)=O.S.S. The predicted molar refractivity (Wildman–Crippen MR) is 128 cm³/mol. The van der Waals surface area contributed by atoms with Crippen molar-refractivity contribution in [2.45, 2.75) is 25.5 Å². The first-order valence-electron chi connectivity index (χ1n) is 8.98. The number of esters is 2. The highest BCUT2D eigenvalue weighted by Gasteiger charge is 2.36. The Kier molecular flexibility index (Phi) is 12.8. The van der Waals surface area contributed by atoms with Gasteiger partial charge in [0.05, 0.1) is 20.0 Å². The minimum absolute atomic E-state index is 0. The topological polar surface area (TPSA) is 99.2 Å². The van der Waals surface area contributed by atoms with Gasteiger partial charge in [0.1, 0.15) is 12.1 Å². The summed E-state index contributed by atoms with van der Waals surface area (Å²) in [7, 11) is -2.47. The number of ether oxygens (including phenoxy) is 2. The smallest absolute Gasteiger partial charge is 0.330 e. The number of benzene rings is 1. The third-order valence-corrected chi connectivity index (χ3v) is 5.27. The largest absolute Gasteiger partial charge is 0.468 e. The summed E-state index contributed by atoms with van der Waals surface area (Å²) in [4.78, 5) is 26.3. The van der Waals surface area contributed by atoms with E-state index in [1.165, 1.54) is 13.2 Å². The van der Waals surface area contributed by atoms with E-state index < -0.39 is 34.2 Å². The Morgan fingerprint density at radius 1 is 1.29 bits per heavy atom. The maximum atomic E-state index is 12.5. The van der Waals surface area contributed by atoms with E-state index in [0.717, 1.165) is 6.26 Å². The molecule has 0 amide bonds. The fourth-order valence-electron chi connectivity index (χ4n) is 3.18. The Labute approximate surface area is 201 Å². The van der Waals surface area contributed by atoms with Crippen molar-refractivity contribution in [2.75, 3.05) is 33.1 Å². The molecule has 0 spiro atoms. The van der Waals surface area contributed by atoms with Gasteiger partial charge in [0, 0.05) is 24.2 Å². The van der Waals surface area contributed by atoms with Crippen molar-refractivity contribution in [1.29, 1.82) is 0 Å². The summed E-state index contributed by atoms with van der Waals surface area (Å²) in [5, 5.41) is 0.397. The highest BCUT2D eigenvalue weighted by atomic mass is 35.5. The molecule has 1 aliphatic rings. The van der Waals surface area contributed by atoms with Gasteiger partial charge in [-0.1, -0.05) is 29.8 Å². The summed E-state index contributed by atoms with van der Waals surface area (Å²) in [6.07, 6.45) is 1.58. The van der Waals surface area contributed by atoms with Crippen molar-refractivity contribution >= 4 is 60.6 Å². The van der Waals surface area contributed by atoms with Crippen molar-refractivity contribution in [3.63, 3.8) is 0 Å². The van der Waals surface area contributed by atoms with Gasteiger partial charge < -0.3 is 9.47 Å². The number of halogens is 1. The van der Waals surface area contributed by atoms with E-state index in [1.54, 1.807) is 36.1 Å². The van der Waals surface area contributed by atoms with Gasteiger partial charge in [-0.15, -0.1) is 0 Å². The zero-order valence-corrected chi connectivity index (χ0v) is 21.0. The molecule has 0 saturated carbocycles. The Morgan fingerprint density at radius 2 is 1.94 bits per heavy atom. The number of hydrogen-bond acceptors (Lipinski definition) is 8. The van der Waals surface area contributed by atoms with Crippen molar-refractivity contribution in [3.8, 4) is 0 Å². The van der Waals surface area contributed by atoms with Gasteiger partial charge in [-0.25, -0.2) is 9.59 Å². The number of carbonyl (C=O) groups excluding carboxylic acids is 2. The second kappa shape index (κ2) is 13.3. The van der Waals surface area contributed by atoms with Crippen LogP contribution >= 0.6 is 38.6 Å². The van der Waals surface area contributed by atoms with Crippen LogP contribution in [0.2, 0.25) is 5.02 Å². The van der Waals surface area contributed by atoms with Crippen LogP contribution in [0.1, 0.15) is 24.9 Å². The third kappa shape index (κ3) is 8.66. The Balaban J connectivity index is 0.00000450. The summed E-state index contributed by atoms with van der Waals surface area (Å²) in [5.74, 6) is -1.13. The van der Waals surface area contributed by atoms with Gasteiger partial charge in [-0.05, 0) is 30.5 Å². The standard InChI is InChI=1S/C19H24ClNO7S.2H2S/c1-4-27-17(22)11-13-12-21(10-9-16(13)28-29(3,24)25)18(19(23)26-2)14-7-5-6-8-15(14)20;;/h5-8,11,16,18H,4,9-10,12H2,1-3H3;2*1H2/b13-11+;;/t16-,18-;;/m0../s1. The number of methoxy groups -OCH3 is 1. The van der Waals surface area contributed by atoms with Crippen LogP contribution in [0, 0.1) is 0 Å². The molecule has 12 heteroatoms. The Bertz CT molecular complexity index is 892. The monoisotopic (exact) mass is 513 g/mol. The van der Waals surface area contributed by atoms with Gasteiger partial charge in [0.2, 0.25) is 0 Å². The van der Waals surface area contributed by atoms with E-state index in [1.807, 2.05) is 0 Å². The lowest BCUT2D eigenvalue weighted by Gasteiger charge is -2.37. The molecule has 1 aromatic rings. The van der Waals surface area contributed by atoms with E-state index in [0.29, 0.717) is 22.7 Å². The lowest BCUT2D eigenvalue weighted by atomic mass is 9.96. The number of piperidine rings is 1. The van der Waals surface area contributed by atoms with E-state index in [-0.39, 0.29) is 46.6 Å². The minimum Gasteiger partial charge on any atom is -0.468 e. The molecule has 2 rings (SSSR count). The van der Waals surface area contributed by atoms with Crippen LogP contribution < -0.4 is 0 Å². The van der Waals surface area contributed by atoms with Gasteiger partial charge >= 0.3 is 11.9 Å². The first kappa shape index (κ1) is 29.8. The second-order valence-corrected chi connectivity index (χ2v) is 8.47. The predicted octanol–water partition coefficient (Wildman–Crippen LogP) is 2.32. The average Bonchev–Trinajstić information content (AvgIpc) is 2.64. The molecule has 1 heterocycles. The van der Waals surface area contributed by atoms with E-state index >= 15 is 0 Å². The van der Waals surface area contributed by atoms with Crippen molar-refractivity contribution in [1.82, 2.24) is 4.90 Å². The molecule has 1 aliphatic heterocycles. The highest BCUT2D eigenvalue weighted by molar-refractivity contribution is 7.86. The van der Waals surface area contributed by atoms with Crippen molar-refractivity contribution in [2.24, 2.45) is 0 Å². The minimum atomic E-state index is -3.75. The normalized spacial score (nSPS) is 19.0. The Morgan fingerprint density at radius 3 is 2.48 bits per heavy atom. The van der Waals surface area contributed by atoms with Crippen LogP contribution in [0.5, 0.6) is 0 Å². The summed E-state index contributed by atoms with van der Waals surface area (Å²) in [6.45, 7) is 2.27. The molecule has 1 fully saturated rings. The van der Waals surface area contributed by atoms with Crippen molar-refractivity contribution in [3.05, 3.63) is 46.5 Å². The molecule has 0 bridgehead atoms. The molecule has 0 unspecified atom stereocenters. The van der Waals surface area contributed by atoms with Gasteiger partial charge in [0.25, 0.3) is 10.1 Å². The van der Waals surface area contributed by atoms with E-state index in [2.05, 4.69) is 0 Å². The molecule has 1 aromatic carbocycles. The van der Waals surface area contributed by atoms with Crippen LogP contribution in [0.25, 0.3) is 0 Å². The molecule has 0 radical (unpaired) electrons. The number of nitrogens with zero attached hydrogens (tertiary/aromatic N) is 1. The van der Waals surface area contributed by atoms with Crippen LogP contribution in [0.15, 0.2) is 35.9 Å². The quantitative estimate of drug-likeness (QED) is 0.311. The molecular weight excluding hydrogens is 486 g/mol. The van der Waals surface area contributed by atoms with Crippen LogP contribution in [0.3, 0.4) is 0 Å². The second-order valence-electron chi connectivity index (χ2n) is 6.47. The zero-order valence-electron chi connectivity index (χ0n) is 17.5. The molecule has 0 aliphatic carbocycles. The fraction of sp³-hybridized carbons (Fsp3) is 0.474. The average molecular weight is 514 g/mol. The maximum absolute atomic E-state index is 12.5. The van der Waals surface area contributed by atoms with Crippen molar-refractivity contribution < 1.29 is 31.7 Å². The van der Waals surface area contributed by atoms with Gasteiger partial charge in [0.15, 0.2) is 0 Å². The van der Waals surface area contributed by atoms with E-state index in [4.69, 9.17) is 25.3 Å². The van der Waals surface area contributed by atoms with Gasteiger partial charge in [-0.3, -0.25) is 9.08 Å². The molecule has 0 aromatic heterocycles. The molecule has 1 saturated heterocycles. The lowest BCUT2D eigenvalue weighted by Crippen LogP contribution is -2.44. The number of rotatable bonds is 7. The molecule has 0 N–H and O–H groups in total. The number of hydrogen-bond donors (Lipinski definition) is 0. The summed E-state index contributed by atoms with van der Waals surface area (Å²) in [5.41, 5.74) is 0.945. The first-order chi connectivity index (χ1) is 13.7. The number of likely N-dealkylation sites (tertiary alicyclic amines) is 1. The van der Waals surface area contributed by atoms with Crippen LogP contribution in [-0.4, -0.2) is 64.4 Å². The fourth-order valence-corrected chi connectivity index (χ4v) is 4.06. The molecule has 8 nitrogen and oxygen atoms in total. The molecular formula is C19H28ClNO7S3. The Hall–Kier alpha value is -1.24. The van der Waals surface area contributed by atoms with E-state index in [9.17, 15) is 18.0 Å².